The van der Waals surface area contributed by atoms with Crippen LogP contribution in [0.5, 0.6) is 11.5 Å². The van der Waals surface area contributed by atoms with Crippen molar-refractivity contribution in [1.29, 1.82) is 0 Å². The van der Waals surface area contributed by atoms with Gasteiger partial charge in [0.15, 0.2) is 17.3 Å². The number of ketones is 1. The molecule has 0 radical (unpaired) electrons. The molecule has 24 heavy (non-hydrogen) atoms. The summed E-state index contributed by atoms with van der Waals surface area (Å²) in [5, 5.41) is 7.58. The zero-order valence-corrected chi connectivity index (χ0v) is 13.6. The van der Waals surface area contributed by atoms with Crippen LogP contribution in [0.1, 0.15) is 30.9 Å². The van der Waals surface area contributed by atoms with Crippen molar-refractivity contribution in [2.24, 2.45) is 0 Å². The molecule has 1 N–H and O–H groups in total. The fourth-order valence-electron chi connectivity index (χ4n) is 3.51. The summed E-state index contributed by atoms with van der Waals surface area (Å²) in [5.41, 5.74) is 2.51. The average molecular weight is 326 g/mol. The number of benzene rings is 1. The lowest BCUT2D eigenvalue weighted by atomic mass is 9.85. The molecule has 0 bridgehead atoms. The van der Waals surface area contributed by atoms with E-state index < -0.39 is 0 Å². The third-order valence-corrected chi connectivity index (χ3v) is 4.54. The van der Waals surface area contributed by atoms with Gasteiger partial charge in [0.25, 0.3) is 0 Å². The Balaban J connectivity index is 1.96. The lowest BCUT2D eigenvalue weighted by molar-refractivity contribution is -0.116. The summed E-state index contributed by atoms with van der Waals surface area (Å²) in [7, 11) is 3.20. The zero-order valence-electron chi connectivity index (χ0n) is 13.6. The Morgan fingerprint density at radius 3 is 2.92 bits per heavy atom. The van der Waals surface area contributed by atoms with E-state index in [1.165, 1.54) is 6.33 Å². The first-order valence-electron chi connectivity index (χ1n) is 7.88. The number of nitrogens with zero attached hydrogens (tertiary/aromatic N) is 3. The second-order valence-corrected chi connectivity index (χ2v) is 5.81. The largest absolute Gasteiger partial charge is 0.493 e. The molecule has 0 fully saturated rings. The van der Waals surface area contributed by atoms with Crippen LogP contribution < -0.4 is 14.8 Å². The zero-order chi connectivity index (χ0) is 16.7. The van der Waals surface area contributed by atoms with Gasteiger partial charge in [0.2, 0.25) is 5.95 Å². The Hall–Kier alpha value is -2.83. The van der Waals surface area contributed by atoms with Crippen molar-refractivity contribution in [2.45, 2.75) is 25.3 Å². The Kier molecular flexibility index (Phi) is 3.48. The van der Waals surface area contributed by atoms with Crippen molar-refractivity contribution in [2.75, 3.05) is 19.5 Å². The van der Waals surface area contributed by atoms with E-state index in [1.807, 2.05) is 18.2 Å². The van der Waals surface area contributed by atoms with E-state index >= 15 is 0 Å². The number of hydrogen-bond donors (Lipinski definition) is 1. The van der Waals surface area contributed by atoms with E-state index in [9.17, 15) is 4.79 Å². The Morgan fingerprint density at radius 1 is 1.25 bits per heavy atom. The Morgan fingerprint density at radius 2 is 2.12 bits per heavy atom. The minimum absolute atomic E-state index is 0.139. The van der Waals surface area contributed by atoms with Crippen molar-refractivity contribution >= 4 is 11.7 Å². The van der Waals surface area contributed by atoms with Gasteiger partial charge in [0.1, 0.15) is 12.4 Å². The molecule has 2 aliphatic rings. The van der Waals surface area contributed by atoms with Gasteiger partial charge in [-0.15, -0.1) is 0 Å². The summed E-state index contributed by atoms with van der Waals surface area (Å²) < 4.78 is 12.7. The maximum absolute atomic E-state index is 12.7. The third kappa shape index (κ3) is 2.08. The number of fused-ring (bicyclic) bond motifs is 1. The normalized spacial score (nSPS) is 19.4. The number of para-hydroxylation sites is 1. The van der Waals surface area contributed by atoms with Gasteiger partial charge < -0.3 is 14.8 Å². The van der Waals surface area contributed by atoms with Gasteiger partial charge in [-0.25, -0.2) is 4.68 Å². The molecule has 2 aromatic rings. The lowest BCUT2D eigenvalue weighted by Gasteiger charge is -2.32. The third-order valence-electron chi connectivity index (χ3n) is 4.54. The second-order valence-electron chi connectivity index (χ2n) is 5.81. The number of rotatable bonds is 3. The molecule has 0 spiro atoms. The summed E-state index contributed by atoms with van der Waals surface area (Å²) >= 11 is 0. The van der Waals surface area contributed by atoms with Crippen molar-refractivity contribution in [3.63, 3.8) is 0 Å². The fraction of sp³-hybridized carbons (Fsp3) is 0.353. The molecule has 0 saturated heterocycles. The van der Waals surface area contributed by atoms with Gasteiger partial charge in [0, 0.05) is 23.3 Å². The SMILES string of the molecule is COc1cccc([C@H]2C3=C(CCCC3=O)Nc3ncnn32)c1OC. The summed E-state index contributed by atoms with van der Waals surface area (Å²) in [5.74, 6) is 2.01. The van der Waals surface area contributed by atoms with Gasteiger partial charge >= 0.3 is 0 Å². The van der Waals surface area contributed by atoms with Gasteiger partial charge in [-0.1, -0.05) is 12.1 Å². The van der Waals surface area contributed by atoms with Crippen LogP contribution in [0, 0.1) is 0 Å². The molecule has 2 heterocycles. The van der Waals surface area contributed by atoms with E-state index in [2.05, 4.69) is 15.4 Å². The number of hydrogen-bond acceptors (Lipinski definition) is 6. The molecule has 0 unspecified atom stereocenters. The molecule has 124 valence electrons. The van der Waals surface area contributed by atoms with Crippen LogP contribution in [0.4, 0.5) is 5.95 Å². The highest BCUT2D eigenvalue weighted by atomic mass is 16.5. The van der Waals surface area contributed by atoms with Gasteiger partial charge in [-0.3, -0.25) is 4.79 Å². The van der Waals surface area contributed by atoms with Crippen LogP contribution >= 0.6 is 0 Å². The van der Waals surface area contributed by atoms with Gasteiger partial charge in [-0.05, 0) is 18.9 Å². The molecule has 4 rings (SSSR count). The van der Waals surface area contributed by atoms with Crippen molar-refractivity contribution in [3.05, 3.63) is 41.4 Å². The molecular formula is C17H18N4O3. The molecule has 7 nitrogen and oxygen atoms in total. The summed E-state index contributed by atoms with van der Waals surface area (Å²) in [6, 6.07) is 5.30. The number of aromatic nitrogens is 3. The molecule has 7 heteroatoms. The van der Waals surface area contributed by atoms with Crippen LogP contribution in [-0.4, -0.2) is 34.8 Å². The van der Waals surface area contributed by atoms with Crippen LogP contribution in [0.15, 0.2) is 35.8 Å². The number of Topliss-reactive ketones (excluding diaryl/α,β-unsaturated/α-hetero) is 1. The molecule has 1 aromatic heterocycles. The lowest BCUT2D eigenvalue weighted by Crippen LogP contribution is -2.31. The smallest absolute Gasteiger partial charge is 0.226 e. The number of carbonyl (C=O) groups excluding carboxylic acids is 1. The summed E-state index contributed by atoms with van der Waals surface area (Å²) in [4.78, 5) is 16.9. The highest BCUT2D eigenvalue weighted by Gasteiger charge is 2.37. The number of carbonyl (C=O) groups is 1. The number of anilines is 1. The van der Waals surface area contributed by atoms with Crippen molar-refractivity contribution in [3.8, 4) is 11.5 Å². The number of allylic oxidation sites excluding steroid dienone is 2. The topological polar surface area (TPSA) is 78.3 Å². The fourth-order valence-corrected chi connectivity index (χ4v) is 3.51. The van der Waals surface area contributed by atoms with Gasteiger partial charge in [0.05, 0.1) is 14.2 Å². The molecular weight excluding hydrogens is 308 g/mol. The monoisotopic (exact) mass is 326 g/mol. The highest BCUT2D eigenvalue weighted by molar-refractivity contribution is 5.99. The maximum atomic E-state index is 12.7. The first-order valence-corrected chi connectivity index (χ1v) is 7.88. The van der Waals surface area contributed by atoms with E-state index in [1.54, 1.807) is 18.9 Å². The Labute approximate surface area is 139 Å². The number of nitrogens with one attached hydrogen (secondary N) is 1. The molecule has 1 atom stereocenters. The van der Waals surface area contributed by atoms with E-state index in [-0.39, 0.29) is 11.8 Å². The van der Waals surface area contributed by atoms with Crippen molar-refractivity contribution in [1.82, 2.24) is 14.8 Å². The van der Waals surface area contributed by atoms with E-state index in [0.717, 1.165) is 29.7 Å². The van der Waals surface area contributed by atoms with E-state index in [4.69, 9.17) is 9.47 Å². The van der Waals surface area contributed by atoms with E-state index in [0.29, 0.717) is 23.9 Å². The quantitative estimate of drug-likeness (QED) is 0.932. The standard InChI is InChI=1S/C17H18N4O3/c1-23-13-8-3-5-10(16(13)24-2)15-14-11(6-4-7-12(14)22)20-17-18-9-19-21(15)17/h3,5,8-9,15H,4,6-7H2,1-2H3,(H,18,19,20)/t15-/m0/s1. The molecule has 1 aromatic carbocycles. The summed E-state index contributed by atoms with van der Waals surface area (Å²) in [6.07, 6.45) is 3.72. The average Bonchev–Trinajstić information content (AvgIpc) is 3.07. The summed E-state index contributed by atoms with van der Waals surface area (Å²) in [6.45, 7) is 0. The molecule has 1 aliphatic heterocycles. The molecule has 0 saturated carbocycles. The predicted molar refractivity (Wildman–Crippen MR) is 87.2 cm³/mol. The minimum atomic E-state index is -0.364. The van der Waals surface area contributed by atoms with Crippen LogP contribution in [0.2, 0.25) is 0 Å². The number of methoxy groups -OCH3 is 2. The first kappa shape index (κ1) is 14.7. The van der Waals surface area contributed by atoms with Crippen molar-refractivity contribution < 1.29 is 14.3 Å². The highest BCUT2D eigenvalue weighted by Crippen LogP contribution is 2.44. The Bertz CT molecular complexity index is 840. The molecule has 1 aliphatic carbocycles. The minimum Gasteiger partial charge on any atom is -0.493 e. The first-order chi connectivity index (χ1) is 11.7. The van der Waals surface area contributed by atoms with Crippen LogP contribution in [-0.2, 0) is 4.79 Å². The maximum Gasteiger partial charge on any atom is 0.226 e. The molecule has 0 amide bonds. The second kappa shape index (κ2) is 5.67. The predicted octanol–water partition coefficient (Wildman–Crippen LogP) is 2.32. The van der Waals surface area contributed by atoms with Crippen LogP contribution in [0.3, 0.4) is 0 Å². The van der Waals surface area contributed by atoms with Crippen LogP contribution in [0.25, 0.3) is 0 Å². The number of ether oxygens (including phenoxy) is 2. The van der Waals surface area contributed by atoms with Gasteiger partial charge in [-0.2, -0.15) is 10.1 Å².